The van der Waals surface area contributed by atoms with Crippen molar-refractivity contribution in [2.75, 3.05) is 91.5 Å². The third-order valence-electron chi connectivity index (χ3n) is 11.7. The molecule has 0 saturated heterocycles. The first-order valence-electron chi connectivity index (χ1n) is 26.1. The van der Waals surface area contributed by atoms with Crippen molar-refractivity contribution >= 4 is 47.1 Å². The van der Waals surface area contributed by atoms with Gasteiger partial charge in [0.1, 0.15) is 37.2 Å². The molecular formula is C51H88N10O13. The molecule has 74 heavy (non-hydrogen) atoms. The standard InChI is InChI=1S/C51H88N10O13/c1-35(2)45(49(66)59-42(15-12-23-57-51(52)68)48(65)58-39-19-17-38(18-20-39)33-74-50(67)36(3)4)60-47(64)41(54-6)14-10-11-22-56-44(63)34-73-43-16-9-7-8-13-40(46(43)61-53)55-24-26-70-28-30-72-32-31-71-29-27-69-25-21-37(5)62/h17-20,35-36,41-43,45,54-55,61H,7-16,21-34,53H2,1-6H3,(H,56,63)(H,58,65)(H,59,66)(H,60,64)(H3,52,57,68)/t41-,42+,43?,45+/m1/s1. The number of hydrazine groups is 1. The van der Waals surface area contributed by atoms with Crippen LogP contribution in [0.5, 0.6) is 0 Å². The van der Waals surface area contributed by atoms with Gasteiger partial charge in [-0.25, -0.2) is 4.79 Å². The van der Waals surface area contributed by atoms with E-state index in [1.54, 1.807) is 59.0 Å². The molecule has 1 aromatic carbocycles. The van der Waals surface area contributed by atoms with Crippen LogP contribution in [0.25, 0.3) is 0 Å². The lowest BCUT2D eigenvalue weighted by Crippen LogP contribution is -2.57. The molecule has 420 valence electrons. The number of ether oxygens (including phenoxy) is 6. The van der Waals surface area contributed by atoms with Crippen LogP contribution in [-0.4, -0.2) is 152 Å². The van der Waals surface area contributed by atoms with Crippen LogP contribution in [0, 0.1) is 11.8 Å². The Kier molecular flexibility index (Phi) is 34.1. The zero-order valence-electron chi connectivity index (χ0n) is 44.7. The first kappa shape index (κ1) is 64.7. The summed E-state index contributed by atoms with van der Waals surface area (Å²) in [5, 5.41) is 20.3. The number of esters is 1. The molecule has 0 aliphatic heterocycles. The lowest BCUT2D eigenvalue weighted by molar-refractivity contribution is -0.148. The van der Waals surface area contributed by atoms with Gasteiger partial charge < -0.3 is 76.8 Å². The summed E-state index contributed by atoms with van der Waals surface area (Å²) in [7, 11) is 1.65. The molecule has 12 N–H and O–H groups in total. The molecule has 23 heteroatoms. The second kappa shape index (κ2) is 39.0. The maximum Gasteiger partial charge on any atom is 0.312 e. The SMILES string of the molecule is CN[C@H](CCCCNC(=O)COC1CCCCCC(NCCOCCOCCOCCOCCC(C)=O)=C1NN)C(=O)N[C@H](C(=O)N[C@@H](CCCNC(N)=O)C(=O)Nc1ccc(COC(=O)C(C)C)cc1)C(C)C. The second-order valence-corrected chi connectivity index (χ2v) is 18.6. The number of primary amides is 1. The van der Waals surface area contributed by atoms with Gasteiger partial charge in [-0.1, -0.05) is 52.7 Å². The number of carbonyl (C=O) groups is 7. The van der Waals surface area contributed by atoms with E-state index in [0.29, 0.717) is 116 Å². The number of nitrogens with one attached hydrogen (secondary N) is 8. The third kappa shape index (κ3) is 28.9. The number of unbranched alkanes of at least 4 members (excludes halogenated alkanes) is 1. The minimum Gasteiger partial charge on any atom is -0.461 e. The highest BCUT2D eigenvalue weighted by Crippen LogP contribution is 2.23. The molecule has 0 spiro atoms. The quantitative estimate of drug-likeness (QED) is 0.0194. The molecule has 1 aromatic rings. The third-order valence-corrected chi connectivity index (χ3v) is 11.7. The van der Waals surface area contributed by atoms with Crippen molar-refractivity contribution in [3.8, 4) is 0 Å². The maximum absolute atomic E-state index is 13.8. The summed E-state index contributed by atoms with van der Waals surface area (Å²) >= 11 is 0. The highest BCUT2D eigenvalue weighted by Gasteiger charge is 2.31. The molecule has 0 bridgehead atoms. The molecular weight excluding hydrogens is 961 g/mol. The zero-order valence-corrected chi connectivity index (χ0v) is 44.7. The van der Waals surface area contributed by atoms with Crippen LogP contribution >= 0.6 is 0 Å². The largest absolute Gasteiger partial charge is 0.461 e. The molecule has 23 nitrogen and oxygen atoms in total. The van der Waals surface area contributed by atoms with Crippen molar-refractivity contribution in [3.05, 3.63) is 41.2 Å². The van der Waals surface area contributed by atoms with Crippen molar-refractivity contribution in [2.45, 2.75) is 136 Å². The topological polar surface area (TPSA) is 323 Å². The molecule has 1 unspecified atom stereocenters. The van der Waals surface area contributed by atoms with Crippen molar-refractivity contribution < 1.29 is 62.0 Å². The fourth-order valence-corrected chi connectivity index (χ4v) is 7.47. The Morgan fingerprint density at radius 2 is 1.34 bits per heavy atom. The van der Waals surface area contributed by atoms with Crippen molar-refractivity contribution in [1.82, 2.24) is 37.3 Å². The monoisotopic (exact) mass is 1050 g/mol. The van der Waals surface area contributed by atoms with Gasteiger partial charge in [0.05, 0.1) is 70.5 Å². The average molecular weight is 1050 g/mol. The predicted molar refractivity (Wildman–Crippen MR) is 279 cm³/mol. The van der Waals surface area contributed by atoms with Gasteiger partial charge in [-0.2, -0.15) is 0 Å². The number of nitrogens with two attached hydrogens (primary N) is 2. The van der Waals surface area contributed by atoms with Gasteiger partial charge >= 0.3 is 12.0 Å². The number of anilines is 1. The summed E-state index contributed by atoms with van der Waals surface area (Å²) in [4.78, 5) is 87.8. The number of hydrogen-bond acceptors (Lipinski definition) is 17. The lowest BCUT2D eigenvalue weighted by Gasteiger charge is -2.27. The summed E-state index contributed by atoms with van der Waals surface area (Å²) in [6, 6.07) is 3.37. The minimum atomic E-state index is -1.03. The van der Waals surface area contributed by atoms with Crippen LogP contribution in [-0.2, 0) is 63.8 Å². The maximum atomic E-state index is 13.8. The van der Waals surface area contributed by atoms with Crippen LogP contribution in [0.3, 0.4) is 0 Å². The van der Waals surface area contributed by atoms with Gasteiger partial charge in [-0.05, 0) is 89.0 Å². The fourth-order valence-electron chi connectivity index (χ4n) is 7.47. The number of Topliss-reactive ketones (excluding diaryl/α,β-unsaturated/α-hetero) is 1. The lowest BCUT2D eigenvalue weighted by atomic mass is 9.99. The summed E-state index contributed by atoms with van der Waals surface area (Å²) < 4.78 is 33.4. The molecule has 0 fully saturated rings. The number of carbonyl (C=O) groups excluding carboxylic acids is 7. The number of benzene rings is 1. The Morgan fingerprint density at radius 3 is 1.95 bits per heavy atom. The van der Waals surface area contributed by atoms with E-state index in [0.717, 1.165) is 36.9 Å². The number of allylic oxidation sites excluding steroid dienone is 1. The van der Waals surface area contributed by atoms with Gasteiger partial charge in [0, 0.05) is 37.4 Å². The van der Waals surface area contributed by atoms with E-state index in [-0.39, 0.29) is 55.7 Å². The summed E-state index contributed by atoms with van der Waals surface area (Å²) in [5.41, 5.74) is 10.8. The summed E-state index contributed by atoms with van der Waals surface area (Å²) in [6.07, 6.45) is 6.42. The molecule has 0 radical (unpaired) electrons. The average Bonchev–Trinajstić information content (AvgIpc) is 3.35. The van der Waals surface area contributed by atoms with E-state index < -0.39 is 48.0 Å². The van der Waals surface area contributed by atoms with Crippen molar-refractivity contribution in [1.29, 1.82) is 0 Å². The number of urea groups is 1. The van der Waals surface area contributed by atoms with E-state index in [1.807, 2.05) is 0 Å². The Hall–Kier alpha value is -5.43. The smallest absolute Gasteiger partial charge is 0.312 e. The molecule has 0 aromatic heterocycles. The molecule has 6 amide bonds. The molecule has 1 aliphatic carbocycles. The van der Waals surface area contributed by atoms with Crippen molar-refractivity contribution in [2.24, 2.45) is 23.4 Å². The highest BCUT2D eigenvalue weighted by molar-refractivity contribution is 5.98. The van der Waals surface area contributed by atoms with E-state index in [1.165, 1.54) is 6.92 Å². The van der Waals surface area contributed by atoms with E-state index in [4.69, 9.17) is 40.0 Å². The number of ketones is 1. The van der Waals surface area contributed by atoms with Crippen LogP contribution in [0.1, 0.15) is 111 Å². The molecule has 0 saturated carbocycles. The summed E-state index contributed by atoms with van der Waals surface area (Å²) in [6.45, 7) is 13.1. The summed E-state index contributed by atoms with van der Waals surface area (Å²) in [5.74, 6) is 3.43. The number of amides is 6. The highest BCUT2D eigenvalue weighted by atomic mass is 16.6. The number of rotatable bonds is 40. The van der Waals surface area contributed by atoms with Gasteiger partial charge in [0.2, 0.25) is 23.6 Å². The molecule has 2 rings (SSSR count). The first-order chi connectivity index (χ1) is 35.6. The van der Waals surface area contributed by atoms with Gasteiger partial charge in [0.25, 0.3) is 0 Å². The van der Waals surface area contributed by atoms with Crippen molar-refractivity contribution in [3.63, 3.8) is 0 Å². The Morgan fingerprint density at radius 1 is 0.703 bits per heavy atom. The second-order valence-electron chi connectivity index (χ2n) is 18.6. The Labute approximate surface area is 437 Å². The Bertz CT molecular complexity index is 1850. The van der Waals surface area contributed by atoms with Crippen LogP contribution in [0.4, 0.5) is 10.5 Å². The van der Waals surface area contributed by atoms with E-state index >= 15 is 0 Å². The van der Waals surface area contributed by atoms with Crippen LogP contribution in [0.2, 0.25) is 0 Å². The first-order valence-corrected chi connectivity index (χ1v) is 26.1. The van der Waals surface area contributed by atoms with E-state index in [2.05, 4.69) is 42.6 Å². The van der Waals surface area contributed by atoms with E-state index in [9.17, 15) is 33.6 Å². The number of hydrogen-bond donors (Lipinski definition) is 10. The Balaban J connectivity index is 1.81. The van der Waals surface area contributed by atoms with Gasteiger partial charge in [-0.15, -0.1) is 0 Å². The molecule has 4 atom stereocenters. The molecule has 0 heterocycles. The molecule has 1 aliphatic rings. The predicted octanol–water partition coefficient (Wildman–Crippen LogP) is 1.93. The van der Waals surface area contributed by atoms with Crippen LogP contribution in [0.15, 0.2) is 35.7 Å². The van der Waals surface area contributed by atoms with Crippen LogP contribution < -0.4 is 54.2 Å². The van der Waals surface area contributed by atoms with Gasteiger partial charge in [0.15, 0.2) is 0 Å². The minimum absolute atomic E-state index is 0.0809. The normalized spacial score (nSPS) is 15.0. The fraction of sp³-hybridized carbons (Fsp3) is 0.706. The number of likely N-dealkylation sites (N-methyl/N-ethyl adjacent to an activating group) is 1. The van der Waals surface area contributed by atoms with Gasteiger partial charge in [-0.3, -0.25) is 34.6 Å². The zero-order chi connectivity index (χ0) is 54.5.